The van der Waals surface area contributed by atoms with E-state index in [1.165, 1.54) is 0 Å². The summed E-state index contributed by atoms with van der Waals surface area (Å²) in [7, 11) is 0. The molecule has 0 aromatic heterocycles. The maximum atomic E-state index is 12.1. The third-order valence-electron chi connectivity index (χ3n) is 4.93. The summed E-state index contributed by atoms with van der Waals surface area (Å²) in [4.78, 5) is 13.9. The standard InChI is InChI=1S/C20H29N3O4/c1-15-11-18(4-5-19(15)20(26)22-12-17(25)13-24)27-10-2-3-16-6-8-23(14-21)9-7-16/h4-5,11,16-17,24-25H,2-3,6-10,12-13H2,1H3,(H,22,26). The van der Waals surface area contributed by atoms with Gasteiger partial charge in [-0.1, -0.05) is 0 Å². The normalized spacial score (nSPS) is 15.9. The average Bonchev–Trinajstić information content (AvgIpc) is 2.69. The molecule has 7 nitrogen and oxygen atoms in total. The number of nitrogens with one attached hydrogen (secondary N) is 1. The van der Waals surface area contributed by atoms with Crippen LogP contribution in [0.25, 0.3) is 0 Å². The summed E-state index contributed by atoms with van der Waals surface area (Å²) >= 11 is 0. The van der Waals surface area contributed by atoms with Crippen molar-refractivity contribution >= 4 is 5.91 Å². The lowest BCUT2D eigenvalue weighted by atomic mass is 9.92. The second kappa shape index (κ2) is 10.8. The van der Waals surface area contributed by atoms with E-state index in [0.717, 1.165) is 50.1 Å². The summed E-state index contributed by atoms with van der Waals surface area (Å²) in [6, 6.07) is 5.32. The second-order valence-corrected chi connectivity index (χ2v) is 7.04. The molecule has 0 radical (unpaired) electrons. The van der Waals surface area contributed by atoms with Gasteiger partial charge in [0, 0.05) is 25.2 Å². The number of ether oxygens (including phenoxy) is 1. The molecule has 3 N–H and O–H groups in total. The van der Waals surface area contributed by atoms with Crippen molar-refractivity contribution in [2.75, 3.05) is 32.8 Å². The summed E-state index contributed by atoms with van der Waals surface area (Å²) in [5, 5.41) is 29.6. The number of nitrogens with zero attached hydrogens (tertiary/aromatic N) is 2. The fourth-order valence-corrected chi connectivity index (χ4v) is 3.23. The minimum Gasteiger partial charge on any atom is -0.494 e. The molecule has 1 unspecified atom stereocenters. The van der Waals surface area contributed by atoms with Crippen molar-refractivity contribution in [2.45, 2.75) is 38.7 Å². The highest BCUT2D eigenvalue weighted by Crippen LogP contribution is 2.22. The van der Waals surface area contributed by atoms with Gasteiger partial charge in [0.1, 0.15) is 5.75 Å². The summed E-state index contributed by atoms with van der Waals surface area (Å²) in [5.74, 6) is 1.12. The number of benzene rings is 1. The molecule has 0 bridgehead atoms. The van der Waals surface area contributed by atoms with E-state index >= 15 is 0 Å². The van der Waals surface area contributed by atoms with E-state index in [9.17, 15) is 9.90 Å². The number of piperidine rings is 1. The van der Waals surface area contributed by atoms with Gasteiger partial charge in [-0.25, -0.2) is 0 Å². The van der Waals surface area contributed by atoms with Crippen molar-refractivity contribution in [1.82, 2.24) is 10.2 Å². The van der Waals surface area contributed by atoms with Crippen LogP contribution in [0.2, 0.25) is 0 Å². The molecular weight excluding hydrogens is 346 g/mol. The van der Waals surface area contributed by atoms with Gasteiger partial charge in [-0.05, 0) is 62.3 Å². The SMILES string of the molecule is Cc1cc(OCCCC2CCN(C#N)CC2)ccc1C(=O)NCC(O)CO. The van der Waals surface area contributed by atoms with Gasteiger partial charge in [0.05, 0.1) is 19.3 Å². The van der Waals surface area contributed by atoms with E-state index in [4.69, 9.17) is 15.1 Å². The van der Waals surface area contributed by atoms with E-state index < -0.39 is 6.10 Å². The second-order valence-electron chi connectivity index (χ2n) is 7.04. The highest BCUT2D eigenvalue weighted by molar-refractivity contribution is 5.95. The van der Waals surface area contributed by atoms with Crippen LogP contribution in [0.15, 0.2) is 18.2 Å². The van der Waals surface area contributed by atoms with Gasteiger partial charge in [-0.2, -0.15) is 5.26 Å². The van der Waals surface area contributed by atoms with E-state index in [-0.39, 0.29) is 19.1 Å². The number of carbonyl (C=O) groups excluding carboxylic acids is 1. The molecule has 1 atom stereocenters. The fraction of sp³-hybridized carbons (Fsp3) is 0.600. The number of carbonyl (C=O) groups is 1. The van der Waals surface area contributed by atoms with Crippen molar-refractivity contribution in [3.05, 3.63) is 29.3 Å². The first-order valence-corrected chi connectivity index (χ1v) is 9.48. The lowest BCUT2D eigenvalue weighted by Crippen LogP contribution is -2.34. The Bertz CT molecular complexity index is 651. The Balaban J connectivity index is 1.72. The van der Waals surface area contributed by atoms with Gasteiger partial charge < -0.3 is 25.2 Å². The van der Waals surface area contributed by atoms with Gasteiger partial charge >= 0.3 is 0 Å². The van der Waals surface area contributed by atoms with Crippen LogP contribution in [0.4, 0.5) is 0 Å². The first-order valence-electron chi connectivity index (χ1n) is 9.48. The molecule has 1 saturated heterocycles. The van der Waals surface area contributed by atoms with Gasteiger partial charge in [0.15, 0.2) is 6.19 Å². The topological polar surface area (TPSA) is 106 Å². The zero-order valence-corrected chi connectivity index (χ0v) is 15.9. The third kappa shape index (κ3) is 6.74. The molecule has 148 valence electrons. The first kappa shape index (κ1) is 21.0. The molecule has 0 saturated carbocycles. The molecule has 1 aromatic carbocycles. The third-order valence-corrected chi connectivity index (χ3v) is 4.93. The van der Waals surface area contributed by atoms with Crippen molar-refractivity contribution in [3.8, 4) is 11.9 Å². The van der Waals surface area contributed by atoms with Crippen LogP contribution < -0.4 is 10.1 Å². The Morgan fingerprint density at radius 3 is 2.81 bits per heavy atom. The van der Waals surface area contributed by atoms with Gasteiger partial charge in [0.2, 0.25) is 0 Å². The number of aliphatic hydroxyl groups is 2. The zero-order chi connectivity index (χ0) is 19.6. The Morgan fingerprint density at radius 1 is 1.44 bits per heavy atom. The molecule has 1 aromatic rings. The van der Waals surface area contributed by atoms with Crippen LogP contribution in [0.1, 0.15) is 41.6 Å². The smallest absolute Gasteiger partial charge is 0.251 e. The number of hydrogen-bond acceptors (Lipinski definition) is 6. The molecule has 0 aliphatic carbocycles. The molecule has 27 heavy (non-hydrogen) atoms. The summed E-state index contributed by atoms with van der Waals surface area (Å²) in [6.07, 6.45) is 5.46. The lowest BCUT2D eigenvalue weighted by molar-refractivity contribution is 0.0801. The highest BCUT2D eigenvalue weighted by atomic mass is 16.5. The van der Waals surface area contributed by atoms with E-state index in [2.05, 4.69) is 11.5 Å². The highest BCUT2D eigenvalue weighted by Gasteiger charge is 2.17. The van der Waals surface area contributed by atoms with E-state index in [0.29, 0.717) is 18.1 Å². The minimum atomic E-state index is -0.955. The van der Waals surface area contributed by atoms with Gasteiger partial charge in [-0.15, -0.1) is 0 Å². The molecule has 1 aliphatic rings. The Hall–Kier alpha value is -2.30. The lowest BCUT2D eigenvalue weighted by Gasteiger charge is -2.27. The largest absolute Gasteiger partial charge is 0.494 e. The number of aryl methyl sites for hydroxylation is 1. The number of aliphatic hydroxyl groups excluding tert-OH is 2. The first-order chi connectivity index (χ1) is 13.0. The summed E-state index contributed by atoms with van der Waals surface area (Å²) in [5.41, 5.74) is 1.32. The quantitative estimate of drug-likeness (QED) is 0.445. The van der Waals surface area contributed by atoms with Crippen LogP contribution in [-0.2, 0) is 0 Å². The number of likely N-dealkylation sites (tertiary alicyclic amines) is 1. The Kier molecular flexibility index (Phi) is 8.37. The molecule has 1 fully saturated rings. The zero-order valence-electron chi connectivity index (χ0n) is 15.9. The van der Waals surface area contributed by atoms with Crippen LogP contribution in [0.5, 0.6) is 5.75 Å². The van der Waals surface area contributed by atoms with Crippen LogP contribution in [0, 0.1) is 24.3 Å². The Labute approximate surface area is 160 Å². The van der Waals surface area contributed by atoms with Crippen LogP contribution in [-0.4, -0.2) is 60.0 Å². The van der Waals surface area contributed by atoms with Crippen molar-refractivity contribution in [1.29, 1.82) is 5.26 Å². The molecule has 0 spiro atoms. The minimum absolute atomic E-state index is 0.0142. The number of amides is 1. The molecule has 1 heterocycles. The number of rotatable bonds is 9. The molecule has 7 heteroatoms. The number of nitriles is 1. The van der Waals surface area contributed by atoms with E-state index in [1.54, 1.807) is 12.1 Å². The maximum absolute atomic E-state index is 12.1. The maximum Gasteiger partial charge on any atom is 0.251 e. The monoisotopic (exact) mass is 375 g/mol. The van der Waals surface area contributed by atoms with Crippen LogP contribution >= 0.6 is 0 Å². The number of hydrogen-bond donors (Lipinski definition) is 3. The molecule has 1 aliphatic heterocycles. The van der Waals surface area contributed by atoms with Crippen molar-refractivity contribution in [2.24, 2.45) is 5.92 Å². The predicted molar refractivity (Wildman–Crippen MR) is 101 cm³/mol. The molecule has 1 amide bonds. The Morgan fingerprint density at radius 2 is 2.19 bits per heavy atom. The molecule has 2 rings (SSSR count). The summed E-state index contributed by atoms with van der Waals surface area (Å²) < 4.78 is 5.80. The van der Waals surface area contributed by atoms with Crippen molar-refractivity contribution in [3.63, 3.8) is 0 Å². The van der Waals surface area contributed by atoms with Crippen molar-refractivity contribution < 1.29 is 19.7 Å². The van der Waals surface area contributed by atoms with E-state index in [1.807, 2.05) is 17.9 Å². The average molecular weight is 375 g/mol. The molecular formula is C20H29N3O4. The fourth-order valence-electron chi connectivity index (χ4n) is 3.23. The summed E-state index contributed by atoms with van der Waals surface area (Å²) in [6.45, 7) is 3.82. The predicted octanol–water partition coefficient (Wildman–Crippen LogP) is 1.43. The van der Waals surface area contributed by atoms with Gasteiger partial charge in [-0.3, -0.25) is 4.79 Å². The van der Waals surface area contributed by atoms with Crippen LogP contribution in [0.3, 0.4) is 0 Å². The van der Waals surface area contributed by atoms with Gasteiger partial charge in [0.25, 0.3) is 5.91 Å².